The molecule has 3 rings (SSSR count). The van der Waals surface area contributed by atoms with Crippen LogP contribution in [0.15, 0.2) is 82.4 Å². The number of carbonyl (C=O) groups excluding carboxylic acids is 3. The predicted molar refractivity (Wildman–Crippen MR) is 123 cm³/mol. The highest BCUT2D eigenvalue weighted by atomic mass is 79.9. The molecular formula is C23H18BrN3O5. The van der Waals surface area contributed by atoms with Gasteiger partial charge in [-0.15, -0.1) is 0 Å². The lowest BCUT2D eigenvalue weighted by molar-refractivity contribution is -0.136. The topological polar surface area (TPSA) is 106 Å². The molecule has 0 radical (unpaired) electrons. The molecule has 9 heteroatoms. The van der Waals surface area contributed by atoms with Crippen molar-refractivity contribution < 1.29 is 23.9 Å². The summed E-state index contributed by atoms with van der Waals surface area (Å²) in [5.74, 6) is -1.79. The molecule has 0 aliphatic heterocycles. The fraction of sp³-hybridized carbons (Fsp3) is 0.0435. The number of benzene rings is 3. The predicted octanol–water partition coefficient (Wildman–Crippen LogP) is 3.77. The summed E-state index contributed by atoms with van der Waals surface area (Å²) in [6, 6.07) is 20.1. The number of methoxy groups -OCH3 is 1. The number of anilines is 1. The van der Waals surface area contributed by atoms with Gasteiger partial charge in [0.15, 0.2) is 0 Å². The smallest absolute Gasteiger partial charge is 0.343 e. The number of nitrogens with one attached hydrogen (secondary N) is 2. The molecule has 2 N–H and O–H groups in total. The highest BCUT2D eigenvalue weighted by Crippen LogP contribution is 2.24. The average Bonchev–Trinajstić information content (AvgIpc) is 2.81. The Morgan fingerprint density at radius 1 is 0.906 bits per heavy atom. The third kappa shape index (κ3) is 6.02. The zero-order valence-electron chi connectivity index (χ0n) is 16.9. The van der Waals surface area contributed by atoms with E-state index in [2.05, 4.69) is 31.8 Å². The zero-order chi connectivity index (χ0) is 22.9. The van der Waals surface area contributed by atoms with Crippen molar-refractivity contribution in [2.24, 2.45) is 5.10 Å². The second-order valence-corrected chi connectivity index (χ2v) is 7.21. The number of rotatable bonds is 6. The number of halogens is 1. The first-order valence-electron chi connectivity index (χ1n) is 9.32. The number of hydrogen-bond donors (Lipinski definition) is 2. The third-order valence-corrected chi connectivity index (χ3v) is 4.61. The van der Waals surface area contributed by atoms with Gasteiger partial charge in [0, 0.05) is 10.0 Å². The van der Waals surface area contributed by atoms with Crippen LogP contribution in [0.3, 0.4) is 0 Å². The van der Waals surface area contributed by atoms with Crippen LogP contribution in [-0.2, 0) is 9.59 Å². The Morgan fingerprint density at radius 3 is 2.38 bits per heavy atom. The maximum atomic E-state index is 12.3. The normalized spacial score (nSPS) is 10.4. The van der Waals surface area contributed by atoms with E-state index < -0.39 is 17.8 Å². The second kappa shape index (κ2) is 10.9. The SMILES string of the molecule is COc1ccccc1NC(=O)C(=O)N/N=C/c1cc(Br)ccc1OC(=O)c1ccccc1. The van der Waals surface area contributed by atoms with Crippen LogP contribution in [0.1, 0.15) is 15.9 Å². The minimum absolute atomic E-state index is 0.235. The Balaban J connectivity index is 1.66. The van der Waals surface area contributed by atoms with Crippen LogP contribution in [0.25, 0.3) is 0 Å². The van der Waals surface area contributed by atoms with E-state index in [0.29, 0.717) is 27.0 Å². The van der Waals surface area contributed by atoms with Crippen molar-refractivity contribution in [2.45, 2.75) is 0 Å². The van der Waals surface area contributed by atoms with Crippen molar-refractivity contribution >= 4 is 45.6 Å². The quantitative estimate of drug-likeness (QED) is 0.178. The molecular weight excluding hydrogens is 478 g/mol. The Morgan fingerprint density at radius 2 is 1.62 bits per heavy atom. The van der Waals surface area contributed by atoms with Gasteiger partial charge < -0.3 is 14.8 Å². The summed E-state index contributed by atoms with van der Waals surface area (Å²) in [5, 5.41) is 6.25. The number of hydrazone groups is 1. The van der Waals surface area contributed by atoms with Crippen molar-refractivity contribution in [1.82, 2.24) is 5.43 Å². The Labute approximate surface area is 192 Å². The molecule has 0 aliphatic rings. The largest absolute Gasteiger partial charge is 0.495 e. The third-order valence-electron chi connectivity index (χ3n) is 4.12. The minimum Gasteiger partial charge on any atom is -0.495 e. The molecule has 0 aromatic heterocycles. The van der Waals surface area contributed by atoms with Crippen LogP contribution in [-0.4, -0.2) is 31.1 Å². The van der Waals surface area contributed by atoms with Crippen molar-refractivity contribution in [3.63, 3.8) is 0 Å². The monoisotopic (exact) mass is 495 g/mol. The summed E-state index contributed by atoms with van der Waals surface area (Å²) in [6.45, 7) is 0. The molecule has 3 aromatic carbocycles. The van der Waals surface area contributed by atoms with E-state index in [1.807, 2.05) is 0 Å². The maximum absolute atomic E-state index is 12.3. The van der Waals surface area contributed by atoms with Crippen LogP contribution < -0.4 is 20.2 Å². The molecule has 162 valence electrons. The van der Waals surface area contributed by atoms with Crippen molar-refractivity contribution in [1.29, 1.82) is 0 Å². The van der Waals surface area contributed by atoms with Crippen LogP contribution >= 0.6 is 15.9 Å². The summed E-state index contributed by atoms with van der Waals surface area (Å²) in [5.41, 5.74) is 3.29. The number of esters is 1. The molecule has 0 saturated carbocycles. The van der Waals surface area contributed by atoms with Gasteiger partial charge in [-0.05, 0) is 42.5 Å². The lowest BCUT2D eigenvalue weighted by Crippen LogP contribution is -2.32. The molecule has 0 bridgehead atoms. The lowest BCUT2D eigenvalue weighted by atomic mass is 10.2. The summed E-state index contributed by atoms with van der Waals surface area (Å²) in [6.07, 6.45) is 1.27. The molecule has 8 nitrogen and oxygen atoms in total. The van der Waals surface area contributed by atoms with Crippen LogP contribution in [0.5, 0.6) is 11.5 Å². The Bertz CT molecular complexity index is 1170. The molecule has 0 atom stereocenters. The number of ether oxygens (including phenoxy) is 2. The fourth-order valence-corrected chi connectivity index (χ4v) is 2.96. The van der Waals surface area contributed by atoms with E-state index in [4.69, 9.17) is 9.47 Å². The number of para-hydroxylation sites is 2. The van der Waals surface area contributed by atoms with E-state index in [9.17, 15) is 14.4 Å². The lowest BCUT2D eigenvalue weighted by Gasteiger charge is -2.09. The van der Waals surface area contributed by atoms with Gasteiger partial charge in [-0.1, -0.05) is 46.3 Å². The van der Waals surface area contributed by atoms with Gasteiger partial charge >= 0.3 is 17.8 Å². The first kappa shape index (κ1) is 22.7. The van der Waals surface area contributed by atoms with E-state index in [1.165, 1.54) is 13.3 Å². The van der Waals surface area contributed by atoms with E-state index in [0.717, 1.165) is 0 Å². The molecule has 2 amide bonds. The molecule has 0 saturated heterocycles. The van der Waals surface area contributed by atoms with E-state index in [1.54, 1.807) is 72.8 Å². The summed E-state index contributed by atoms with van der Waals surface area (Å²) < 4.78 is 11.3. The number of carbonyl (C=O) groups is 3. The van der Waals surface area contributed by atoms with E-state index >= 15 is 0 Å². The first-order chi connectivity index (χ1) is 15.5. The van der Waals surface area contributed by atoms with Gasteiger partial charge in [-0.3, -0.25) is 9.59 Å². The van der Waals surface area contributed by atoms with Gasteiger partial charge in [0.1, 0.15) is 11.5 Å². The van der Waals surface area contributed by atoms with Crippen LogP contribution in [0.2, 0.25) is 0 Å². The van der Waals surface area contributed by atoms with Gasteiger partial charge in [0.05, 0.1) is 24.6 Å². The Hall–Kier alpha value is -3.98. The minimum atomic E-state index is -0.981. The number of hydrogen-bond acceptors (Lipinski definition) is 6. The zero-order valence-corrected chi connectivity index (χ0v) is 18.5. The van der Waals surface area contributed by atoms with Crippen molar-refractivity contribution in [3.8, 4) is 11.5 Å². The van der Waals surface area contributed by atoms with E-state index in [-0.39, 0.29) is 5.75 Å². The average molecular weight is 496 g/mol. The highest BCUT2D eigenvalue weighted by Gasteiger charge is 2.15. The molecule has 0 spiro atoms. The molecule has 0 unspecified atom stereocenters. The van der Waals surface area contributed by atoms with Gasteiger partial charge in [-0.2, -0.15) is 5.10 Å². The fourth-order valence-electron chi connectivity index (χ4n) is 2.58. The maximum Gasteiger partial charge on any atom is 0.343 e. The highest BCUT2D eigenvalue weighted by molar-refractivity contribution is 9.10. The Kier molecular flexibility index (Phi) is 7.71. The first-order valence-corrected chi connectivity index (χ1v) is 10.1. The summed E-state index contributed by atoms with van der Waals surface area (Å²) in [4.78, 5) is 36.5. The second-order valence-electron chi connectivity index (χ2n) is 6.29. The van der Waals surface area contributed by atoms with Gasteiger partial charge in [0.25, 0.3) is 0 Å². The summed E-state index contributed by atoms with van der Waals surface area (Å²) >= 11 is 3.34. The van der Waals surface area contributed by atoms with Crippen molar-refractivity contribution in [2.75, 3.05) is 12.4 Å². The number of amides is 2. The number of nitrogens with zero attached hydrogens (tertiary/aromatic N) is 1. The van der Waals surface area contributed by atoms with Crippen molar-refractivity contribution in [3.05, 3.63) is 88.4 Å². The molecule has 3 aromatic rings. The standard InChI is InChI=1S/C23H18BrN3O5/c1-31-20-10-6-5-9-18(20)26-21(28)22(29)27-25-14-16-13-17(24)11-12-19(16)32-23(30)15-7-3-2-4-8-15/h2-14H,1H3,(H,26,28)(H,27,29)/b25-14+. The van der Waals surface area contributed by atoms with Crippen LogP contribution in [0, 0.1) is 0 Å². The molecule has 32 heavy (non-hydrogen) atoms. The summed E-state index contributed by atoms with van der Waals surface area (Å²) in [7, 11) is 1.45. The molecule has 0 heterocycles. The molecule has 0 fully saturated rings. The molecule has 0 aliphatic carbocycles. The van der Waals surface area contributed by atoms with Gasteiger partial charge in [0.2, 0.25) is 0 Å². The van der Waals surface area contributed by atoms with Gasteiger partial charge in [-0.25, -0.2) is 10.2 Å². The van der Waals surface area contributed by atoms with Crippen LogP contribution in [0.4, 0.5) is 5.69 Å².